The first kappa shape index (κ1) is 69.8. The normalized spacial score (nSPS) is 16.2. The van der Waals surface area contributed by atoms with Crippen molar-refractivity contribution in [2.75, 3.05) is 50.2 Å². The molecule has 0 atom stereocenters. The van der Waals surface area contributed by atoms with Gasteiger partial charge >= 0.3 is 5.97 Å². The highest BCUT2D eigenvalue weighted by molar-refractivity contribution is 6.76. The summed E-state index contributed by atoms with van der Waals surface area (Å²) in [5.41, 5.74) is 15.2. The second-order valence-corrected chi connectivity index (χ2v) is 36.8. The molecule has 21 heteroatoms. The lowest BCUT2D eigenvalue weighted by molar-refractivity contribution is -0.142. The minimum Gasteiger partial charge on any atom is -0.481 e. The molecule has 4 aliphatic rings. The van der Waals surface area contributed by atoms with Crippen molar-refractivity contribution in [2.45, 2.75) is 219 Å². The zero-order valence-electron chi connectivity index (χ0n) is 51.9. The van der Waals surface area contributed by atoms with Crippen molar-refractivity contribution in [3.05, 3.63) is 60.3 Å². The maximum absolute atomic E-state index is 11.1. The molecule has 0 saturated heterocycles. The molecular weight excluding hydrogens is 1080 g/mol. The number of methoxy groups -OCH3 is 1. The van der Waals surface area contributed by atoms with Crippen molar-refractivity contribution < 1.29 is 33.7 Å². The van der Waals surface area contributed by atoms with Crippen LogP contribution in [0.15, 0.2) is 48.9 Å². The first-order valence-electron chi connectivity index (χ1n) is 30.9. The number of carboxylic acid groups (broad SMARTS) is 1. The molecule has 5 aromatic rings. The Morgan fingerprint density at radius 3 is 1.51 bits per heavy atom. The predicted octanol–water partition coefficient (Wildman–Crippen LogP) is 13.4. The number of nitrogens with zero attached hydrogens (tertiary/aromatic N) is 9. The van der Waals surface area contributed by atoms with E-state index in [-0.39, 0.29) is 18.2 Å². The van der Waals surface area contributed by atoms with Gasteiger partial charge in [0.1, 0.15) is 36.7 Å². The smallest absolute Gasteiger partial charge is 0.305 e. The molecule has 83 heavy (non-hydrogen) atoms. The SMILES string of the molecule is CC(=O)O.COC(=O)CC1CCCCC1.C[Si](C)(C)CCOCN(COCC[Si](C)(C)C)c1cc(CC2CCCCC2)nc2ccnn12.N#CCC(=O)CC1CCCCC1.Nc1cc(CC2CCCCC2)nc2ccnn12.Nc1ccn[nH]1. The van der Waals surface area contributed by atoms with Crippen LogP contribution in [0.5, 0.6) is 0 Å². The zero-order chi connectivity index (χ0) is 60.5. The molecule has 462 valence electrons. The molecular formula is C62H104N12O7Si2. The number of Topliss-reactive ketones (excluding diaryl/α,β-unsaturated/α-hetero) is 1. The van der Waals surface area contributed by atoms with Gasteiger partial charge in [-0.3, -0.25) is 19.5 Å². The van der Waals surface area contributed by atoms with Crippen LogP contribution >= 0.6 is 0 Å². The second-order valence-electron chi connectivity index (χ2n) is 25.5. The quantitative estimate of drug-likeness (QED) is 0.0244. The molecule has 4 fully saturated rings. The molecule has 9 rings (SSSR count). The van der Waals surface area contributed by atoms with Crippen molar-refractivity contribution in [1.82, 2.24) is 39.4 Å². The highest BCUT2D eigenvalue weighted by Crippen LogP contribution is 2.30. The summed E-state index contributed by atoms with van der Waals surface area (Å²) >= 11 is 0. The van der Waals surface area contributed by atoms with E-state index in [4.69, 9.17) is 41.1 Å². The van der Waals surface area contributed by atoms with E-state index >= 15 is 0 Å². The summed E-state index contributed by atoms with van der Waals surface area (Å²) in [6.45, 7) is 18.0. The zero-order valence-corrected chi connectivity index (χ0v) is 53.9. The van der Waals surface area contributed by atoms with Crippen LogP contribution in [0.3, 0.4) is 0 Å². The van der Waals surface area contributed by atoms with Gasteiger partial charge in [0.15, 0.2) is 11.3 Å². The lowest BCUT2D eigenvalue weighted by atomic mass is 9.85. The lowest BCUT2D eigenvalue weighted by Crippen LogP contribution is -2.33. The number of aromatic amines is 1. The van der Waals surface area contributed by atoms with E-state index in [1.807, 2.05) is 35.0 Å². The highest BCUT2D eigenvalue weighted by atomic mass is 28.3. The summed E-state index contributed by atoms with van der Waals surface area (Å²) in [7, 11) is -0.787. The number of nitriles is 1. The number of aromatic nitrogens is 8. The first-order valence-corrected chi connectivity index (χ1v) is 38.4. The van der Waals surface area contributed by atoms with Crippen molar-refractivity contribution >= 4 is 62.6 Å². The van der Waals surface area contributed by atoms with Gasteiger partial charge in [0, 0.05) is 84.8 Å². The van der Waals surface area contributed by atoms with Crippen molar-refractivity contribution in [3.63, 3.8) is 0 Å². The van der Waals surface area contributed by atoms with Gasteiger partial charge in [-0.25, -0.2) is 9.97 Å². The number of hydrogen-bond acceptors (Lipinski definition) is 15. The van der Waals surface area contributed by atoms with Gasteiger partial charge in [-0.2, -0.15) is 29.6 Å². The minimum atomic E-state index is -1.13. The third kappa shape index (κ3) is 30.1. The Balaban J connectivity index is 0.000000245. The van der Waals surface area contributed by atoms with Crippen molar-refractivity contribution in [2.24, 2.45) is 23.7 Å². The van der Waals surface area contributed by atoms with Crippen molar-refractivity contribution in [3.8, 4) is 6.07 Å². The molecule has 5 aromatic heterocycles. The number of carboxylic acids is 1. The molecule has 0 aromatic carbocycles. The number of fused-ring (bicyclic) bond motifs is 2. The maximum atomic E-state index is 11.1. The van der Waals surface area contributed by atoms with Crippen LogP contribution in [-0.2, 0) is 41.4 Å². The third-order valence-electron chi connectivity index (χ3n) is 15.5. The maximum Gasteiger partial charge on any atom is 0.305 e. The van der Waals surface area contributed by atoms with E-state index in [0.717, 1.165) is 79.7 Å². The number of hydrogen-bond donors (Lipinski definition) is 4. The largest absolute Gasteiger partial charge is 0.481 e. The standard InChI is InChI=1S/C25H46N4O2Si2.C13H18N4.C10H15NO.C9H16O2.C3H5N3.C2H4O2/c1-32(2,3)16-14-30-20-28(21-31-15-17-33(4,5)6)25-19-23(18-22-10-8-7-9-11-22)27-24-12-13-26-29(24)25;14-12-9-11(8-10-4-2-1-3-5-10)16-13-6-7-15-17(12)13;11-7-6-10(12)8-9-4-2-1-3-5-9;1-11-9(10)7-8-5-3-2-4-6-8;4-3-1-2-5-6-3;1-2(3)4/h12-13,19,22H,7-11,14-18,20-21H2,1-6H3;6-7,9-10H,1-5,8,14H2;9H,1-6,8H2;8H,2-7H2,1H3;1-2H,(H3,4,5,6);1H3,(H,3,4). The van der Waals surface area contributed by atoms with Gasteiger partial charge in [0.25, 0.3) is 5.97 Å². The van der Waals surface area contributed by atoms with Crippen LogP contribution < -0.4 is 16.4 Å². The van der Waals surface area contributed by atoms with Gasteiger partial charge in [-0.1, -0.05) is 155 Å². The molecule has 0 radical (unpaired) electrons. The van der Waals surface area contributed by atoms with E-state index in [2.05, 4.69) is 80.4 Å². The lowest BCUT2D eigenvalue weighted by Gasteiger charge is -2.27. The van der Waals surface area contributed by atoms with Crippen LogP contribution in [0.2, 0.25) is 51.4 Å². The number of nitrogens with one attached hydrogen (secondary N) is 1. The van der Waals surface area contributed by atoms with Gasteiger partial charge in [-0.05, 0) is 67.5 Å². The van der Waals surface area contributed by atoms with Gasteiger partial charge in [0.2, 0.25) is 0 Å². The molecule has 4 saturated carbocycles. The number of carbonyl (C=O) groups is 3. The molecule has 0 spiro atoms. The Kier molecular flexibility index (Phi) is 32.2. The Hall–Kier alpha value is -5.70. The summed E-state index contributed by atoms with van der Waals surface area (Å²) in [6, 6.07) is 14.0. The van der Waals surface area contributed by atoms with Crippen LogP contribution in [0, 0.1) is 35.0 Å². The molecule has 0 amide bonds. The van der Waals surface area contributed by atoms with Crippen LogP contribution in [0.1, 0.15) is 166 Å². The van der Waals surface area contributed by atoms with E-state index in [1.165, 1.54) is 141 Å². The second kappa shape index (κ2) is 38.3. The molecule has 19 nitrogen and oxygen atoms in total. The number of ketones is 1. The number of nitrogens with two attached hydrogens (primary N) is 2. The number of nitrogen functional groups attached to an aromatic ring is 2. The summed E-state index contributed by atoms with van der Waals surface area (Å²) < 4.78 is 20.6. The topological polar surface area (TPSA) is 267 Å². The Labute approximate surface area is 497 Å². The minimum absolute atomic E-state index is 0.0445. The van der Waals surface area contributed by atoms with Crippen LogP contribution in [0.25, 0.3) is 11.3 Å². The fourth-order valence-electron chi connectivity index (χ4n) is 10.9. The summed E-state index contributed by atoms with van der Waals surface area (Å²) in [6.07, 6.45) is 34.9. The number of rotatable bonds is 20. The van der Waals surface area contributed by atoms with Gasteiger partial charge < -0.3 is 35.7 Å². The fraction of sp³-hybridized carbons (Fsp3) is 0.694. The molecule has 0 unspecified atom stereocenters. The average Bonchev–Trinajstić information content (AvgIpc) is 4.34. The van der Waals surface area contributed by atoms with Crippen LogP contribution in [0.4, 0.5) is 17.5 Å². The fourth-order valence-corrected chi connectivity index (χ4v) is 12.4. The Morgan fingerprint density at radius 2 is 1.10 bits per heavy atom. The first-order chi connectivity index (χ1) is 39.7. The Morgan fingerprint density at radius 1 is 0.663 bits per heavy atom. The highest BCUT2D eigenvalue weighted by Gasteiger charge is 2.22. The van der Waals surface area contributed by atoms with Crippen molar-refractivity contribution in [1.29, 1.82) is 5.26 Å². The van der Waals surface area contributed by atoms with E-state index in [9.17, 15) is 9.59 Å². The number of anilines is 3. The number of carbonyl (C=O) groups excluding carboxylic acids is 2. The summed E-state index contributed by atoms with van der Waals surface area (Å²) in [5.74, 6) is 4.30. The summed E-state index contributed by atoms with van der Waals surface area (Å²) in [5, 5.41) is 30.5. The molecule has 4 aliphatic carbocycles. The molecule has 0 aliphatic heterocycles. The number of aliphatic carboxylic acids is 1. The third-order valence-corrected chi connectivity index (χ3v) is 18.9. The van der Waals surface area contributed by atoms with Gasteiger partial charge in [0.05, 0.1) is 38.2 Å². The Bertz CT molecular complexity index is 2600. The van der Waals surface area contributed by atoms with Gasteiger partial charge in [-0.15, -0.1) is 0 Å². The summed E-state index contributed by atoms with van der Waals surface area (Å²) in [4.78, 5) is 42.7. The number of H-pyrrole nitrogens is 1. The monoisotopic (exact) mass is 1180 g/mol. The number of esters is 1. The van der Waals surface area contributed by atoms with E-state index in [0.29, 0.717) is 49.8 Å². The van der Waals surface area contributed by atoms with E-state index < -0.39 is 22.1 Å². The van der Waals surface area contributed by atoms with Crippen LogP contribution in [-0.4, -0.2) is 112 Å². The molecule has 0 bridgehead atoms. The van der Waals surface area contributed by atoms with E-state index in [1.54, 1.807) is 23.0 Å². The molecule has 6 N–H and O–H groups in total. The average molecular weight is 1190 g/mol. The number of ether oxygens (including phenoxy) is 3. The predicted molar refractivity (Wildman–Crippen MR) is 337 cm³/mol. The molecule has 5 heterocycles.